The van der Waals surface area contributed by atoms with Crippen LogP contribution < -0.4 is 5.32 Å². The molecule has 1 aromatic rings. The first kappa shape index (κ1) is 14.0. The van der Waals surface area contributed by atoms with E-state index in [0.717, 1.165) is 42.1 Å². The Bertz CT molecular complexity index is 389. The molecule has 2 rings (SSSR count). The molecule has 0 amide bonds. The molecule has 1 N–H and O–H groups in total. The van der Waals surface area contributed by atoms with Crippen LogP contribution in [-0.2, 0) is 6.54 Å². The second-order valence-electron chi connectivity index (χ2n) is 5.01. The fourth-order valence-electron chi connectivity index (χ4n) is 2.54. The Morgan fingerprint density at radius 1 is 1.39 bits per heavy atom. The highest BCUT2D eigenvalue weighted by Crippen LogP contribution is 2.21. The molecule has 0 bridgehead atoms. The third kappa shape index (κ3) is 3.77. The maximum atomic E-state index is 13.7. The quantitative estimate of drug-likeness (QED) is 0.919. The first-order chi connectivity index (χ1) is 8.69. The summed E-state index contributed by atoms with van der Waals surface area (Å²) >= 11 is 3.40. The SMILES string of the molecule is CNCC1CCN(Cc2cc(Br)ccc2F)CC1. The Kier molecular flexibility index (Phi) is 5.15. The van der Waals surface area contributed by atoms with Crippen LogP contribution in [0.3, 0.4) is 0 Å². The van der Waals surface area contributed by atoms with Crippen LogP contribution in [0.15, 0.2) is 22.7 Å². The van der Waals surface area contributed by atoms with E-state index in [1.807, 2.05) is 13.1 Å². The highest BCUT2D eigenvalue weighted by molar-refractivity contribution is 9.10. The minimum absolute atomic E-state index is 0.101. The third-order valence-corrected chi connectivity index (χ3v) is 4.09. The minimum Gasteiger partial charge on any atom is -0.319 e. The lowest BCUT2D eigenvalue weighted by atomic mass is 9.96. The number of rotatable bonds is 4. The largest absolute Gasteiger partial charge is 0.319 e. The van der Waals surface area contributed by atoms with Crippen molar-refractivity contribution in [3.63, 3.8) is 0 Å². The van der Waals surface area contributed by atoms with E-state index in [4.69, 9.17) is 0 Å². The van der Waals surface area contributed by atoms with Crippen LogP contribution >= 0.6 is 15.9 Å². The van der Waals surface area contributed by atoms with Gasteiger partial charge in [0.05, 0.1) is 0 Å². The predicted octanol–water partition coefficient (Wildman–Crippen LogP) is 3.02. The normalized spacial score (nSPS) is 18.2. The van der Waals surface area contributed by atoms with Gasteiger partial charge in [0.25, 0.3) is 0 Å². The summed E-state index contributed by atoms with van der Waals surface area (Å²) in [5, 5.41) is 3.23. The van der Waals surface area contributed by atoms with Gasteiger partial charge in [-0.15, -0.1) is 0 Å². The van der Waals surface area contributed by atoms with Crippen LogP contribution in [0.4, 0.5) is 4.39 Å². The van der Waals surface area contributed by atoms with E-state index < -0.39 is 0 Å². The zero-order chi connectivity index (χ0) is 13.0. The summed E-state index contributed by atoms with van der Waals surface area (Å²) in [6.45, 7) is 3.95. The number of likely N-dealkylation sites (tertiary alicyclic amines) is 1. The first-order valence-electron chi connectivity index (χ1n) is 6.50. The molecular formula is C14H20BrFN2. The van der Waals surface area contributed by atoms with Crippen LogP contribution in [0.25, 0.3) is 0 Å². The molecule has 0 spiro atoms. The highest BCUT2D eigenvalue weighted by atomic mass is 79.9. The molecule has 1 aliphatic rings. The smallest absolute Gasteiger partial charge is 0.127 e. The Balaban J connectivity index is 1.89. The van der Waals surface area contributed by atoms with E-state index in [-0.39, 0.29) is 5.82 Å². The van der Waals surface area contributed by atoms with Crippen molar-refractivity contribution in [1.82, 2.24) is 10.2 Å². The lowest BCUT2D eigenvalue weighted by molar-refractivity contribution is 0.175. The van der Waals surface area contributed by atoms with Crippen molar-refractivity contribution in [3.05, 3.63) is 34.1 Å². The van der Waals surface area contributed by atoms with Crippen molar-refractivity contribution in [3.8, 4) is 0 Å². The minimum atomic E-state index is -0.101. The summed E-state index contributed by atoms with van der Waals surface area (Å²) < 4.78 is 14.6. The van der Waals surface area contributed by atoms with Gasteiger partial charge in [0.15, 0.2) is 0 Å². The average Bonchev–Trinajstić information content (AvgIpc) is 2.37. The van der Waals surface area contributed by atoms with E-state index in [1.54, 1.807) is 6.07 Å². The monoisotopic (exact) mass is 314 g/mol. The standard InChI is InChI=1S/C14H20BrFN2/c1-17-9-11-4-6-18(7-5-11)10-12-8-13(15)2-3-14(12)16/h2-3,8,11,17H,4-7,9-10H2,1H3. The molecule has 1 aliphatic heterocycles. The number of nitrogens with one attached hydrogen (secondary N) is 1. The van der Waals surface area contributed by atoms with Crippen molar-refractivity contribution >= 4 is 15.9 Å². The van der Waals surface area contributed by atoms with Gasteiger partial charge >= 0.3 is 0 Å². The van der Waals surface area contributed by atoms with E-state index in [9.17, 15) is 4.39 Å². The zero-order valence-corrected chi connectivity index (χ0v) is 12.3. The van der Waals surface area contributed by atoms with Crippen molar-refractivity contribution in [2.45, 2.75) is 19.4 Å². The molecule has 1 heterocycles. The van der Waals surface area contributed by atoms with Crippen LogP contribution in [0.1, 0.15) is 18.4 Å². The number of hydrogen-bond donors (Lipinski definition) is 1. The van der Waals surface area contributed by atoms with Gasteiger partial charge in [0.2, 0.25) is 0 Å². The molecule has 2 nitrogen and oxygen atoms in total. The third-order valence-electron chi connectivity index (χ3n) is 3.60. The number of piperidine rings is 1. The summed E-state index contributed by atoms with van der Waals surface area (Å²) in [5.41, 5.74) is 0.788. The topological polar surface area (TPSA) is 15.3 Å². The second kappa shape index (κ2) is 6.64. The molecule has 0 aliphatic carbocycles. The molecule has 0 atom stereocenters. The fraction of sp³-hybridized carbons (Fsp3) is 0.571. The summed E-state index contributed by atoms with van der Waals surface area (Å²) in [6.07, 6.45) is 2.41. The van der Waals surface area contributed by atoms with Gasteiger partial charge in [-0.1, -0.05) is 15.9 Å². The highest BCUT2D eigenvalue weighted by Gasteiger charge is 2.19. The zero-order valence-electron chi connectivity index (χ0n) is 10.8. The molecule has 1 aromatic carbocycles. The van der Waals surface area contributed by atoms with Gasteiger partial charge in [0, 0.05) is 16.6 Å². The maximum Gasteiger partial charge on any atom is 0.127 e. The van der Waals surface area contributed by atoms with E-state index in [2.05, 4.69) is 26.1 Å². The molecule has 0 unspecified atom stereocenters. The van der Waals surface area contributed by atoms with Gasteiger partial charge in [-0.2, -0.15) is 0 Å². The molecule has 0 aromatic heterocycles. The Hall–Kier alpha value is -0.450. The second-order valence-corrected chi connectivity index (χ2v) is 5.93. The van der Waals surface area contributed by atoms with E-state index in [0.29, 0.717) is 0 Å². The number of nitrogens with zero attached hydrogens (tertiary/aromatic N) is 1. The van der Waals surface area contributed by atoms with Gasteiger partial charge in [-0.05, 0) is 63.6 Å². The van der Waals surface area contributed by atoms with E-state index >= 15 is 0 Å². The molecule has 4 heteroatoms. The molecular weight excluding hydrogens is 295 g/mol. The van der Waals surface area contributed by atoms with Crippen molar-refractivity contribution in [2.24, 2.45) is 5.92 Å². The number of halogens is 2. The van der Waals surface area contributed by atoms with Gasteiger partial charge in [-0.25, -0.2) is 4.39 Å². The lowest BCUT2D eigenvalue weighted by Gasteiger charge is -2.32. The average molecular weight is 315 g/mol. The van der Waals surface area contributed by atoms with Crippen LogP contribution in [0, 0.1) is 11.7 Å². The van der Waals surface area contributed by atoms with Gasteiger partial charge < -0.3 is 5.32 Å². The molecule has 18 heavy (non-hydrogen) atoms. The molecule has 1 saturated heterocycles. The van der Waals surface area contributed by atoms with Crippen LogP contribution in [-0.4, -0.2) is 31.6 Å². The lowest BCUT2D eigenvalue weighted by Crippen LogP contribution is -2.36. The number of hydrogen-bond acceptors (Lipinski definition) is 2. The van der Waals surface area contributed by atoms with Crippen molar-refractivity contribution in [1.29, 1.82) is 0 Å². The Morgan fingerprint density at radius 2 is 2.11 bits per heavy atom. The maximum absolute atomic E-state index is 13.7. The summed E-state index contributed by atoms with van der Waals surface area (Å²) in [5.74, 6) is 0.675. The summed E-state index contributed by atoms with van der Waals surface area (Å²) in [4.78, 5) is 2.34. The molecule has 100 valence electrons. The fourth-order valence-corrected chi connectivity index (χ4v) is 2.95. The van der Waals surface area contributed by atoms with Crippen molar-refractivity contribution < 1.29 is 4.39 Å². The predicted molar refractivity (Wildman–Crippen MR) is 76.0 cm³/mol. The van der Waals surface area contributed by atoms with Gasteiger partial charge in [-0.3, -0.25) is 4.90 Å². The van der Waals surface area contributed by atoms with E-state index in [1.165, 1.54) is 18.9 Å². The van der Waals surface area contributed by atoms with Crippen LogP contribution in [0.5, 0.6) is 0 Å². The summed E-state index contributed by atoms with van der Waals surface area (Å²) in [7, 11) is 2.00. The van der Waals surface area contributed by atoms with Crippen LogP contribution in [0.2, 0.25) is 0 Å². The molecule has 0 saturated carbocycles. The summed E-state index contributed by atoms with van der Waals surface area (Å²) in [6, 6.07) is 5.17. The molecule has 0 radical (unpaired) electrons. The first-order valence-corrected chi connectivity index (χ1v) is 7.29. The Labute approximate surface area is 117 Å². The Morgan fingerprint density at radius 3 is 2.78 bits per heavy atom. The number of benzene rings is 1. The molecule has 1 fully saturated rings. The van der Waals surface area contributed by atoms with Crippen molar-refractivity contribution in [2.75, 3.05) is 26.7 Å². The van der Waals surface area contributed by atoms with Gasteiger partial charge in [0.1, 0.15) is 5.82 Å².